The Bertz CT molecular complexity index is 602. The minimum absolute atomic E-state index is 0.0708. The fraction of sp³-hybridized carbons (Fsp3) is 0.591. The van der Waals surface area contributed by atoms with Crippen molar-refractivity contribution < 1.29 is 4.79 Å². The van der Waals surface area contributed by atoms with E-state index in [1.807, 2.05) is 6.92 Å². The standard InChI is InChI=1S/C22H33N3O/c1-18(22(26)23-15-14-19-8-4-2-5-9-19)24-20-10-12-21(13-11-20)25-16-6-3-7-17-25/h8,10-13,18,24H,2-7,9,14-17H2,1H3,(H,23,26)/t18-/m1/s1. The Balaban J connectivity index is 1.42. The van der Waals surface area contributed by atoms with Crippen LogP contribution >= 0.6 is 0 Å². The first-order valence-corrected chi connectivity index (χ1v) is 10.3. The van der Waals surface area contributed by atoms with Crippen molar-refractivity contribution in [1.82, 2.24) is 5.32 Å². The van der Waals surface area contributed by atoms with Gasteiger partial charge in [-0.15, -0.1) is 0 Å². The van der Waals surface area contributed by atoms with Crippen molar-refractivity contribution in [3.63, 3.8) is 0 Å². The first-order chi connectivity index (χ1) is 12.7. The van der Waals surface area contributed by atoms with Crippen molar-refractivity contribution >= 4 is 17.3 Å². The Morgan fingerprint density at radius 1 is 1.08 bits per heavy atom. The molecule has 0 aromatic heterocycles. The Hall–Kier alpha value is -1.97. The topological polar surface area (TPSA) is 44.4 Å². The molecule has 2 N–H and O–H groups in total. The van der Waals surface area contributed by atoms with Crippen LogP contribution in [-0.4, -0.2) is 31.6 Å². The summed E-state index contributed by atoms with van der Waals surface area (Å²) in [4.78, 5) is 14.7. The van der Waals surface area contributed by atoms with Crippen molar-refractivity contribution in [3.8, 4) is 0 Å². The van der Waals surface area contributed by atoms with Gasteiger partial charge in [0.2, 0.25) is 5.91 Å². The van der Waals surface area contributed by atoms with Crippen LogP contribution in [0.25, 0.3) is 0 Å². The van der Waals surface area contributed by atoms with E-state index >= 15 is 0 Å². The lowest BCUT2D eigenvalue weighted by molar-refractivity contribution is -0.121. The van der Waals surface area contributed by atoms with E-state index < -0.39 is 0 Å². The SMILES string of the molecule is C[C@@H](Nc1ccc(N2CCCCC2)cc1)C(=O)NCCC1=CCCCC1. The molecule has 0 radical (unpaired) electrons. The van der Waals surface area contributed by atoms with Gasteiger partial charge in [-0.2, -0.15) is 0 Å². The second-order valence-corrected chi connectivity index (χ2v) is 7.61. The molecule has 1 saturated heterocycles. The van der Waals surface area contributed by atoms with Crippen molar-refractivity contribution in [2.24, 2.45) is 0 Å². The van der Waals surface area contributed by atoms with Crippen LogP contribution in [0.3, 0.4) is 0 Å². The van der Waals surface area contributed by atoms with Gasteiger partial charge >= 0.3 is 0 Å². The van der Waals surface area contributed by atoms with Gasteiger partial charge in [0.05, 0.1) is 0 Å². The predicted octanol–water partition coefficient (Wildman–Crippen LogP) is 4.48. The number of hydrogen-bond donors (Lipinski definition) is 2. The summed E-state index contributed by atoms with van der Waals surface area (Å²) in [6.45, 7) is 4.97. The first-order valence-electron chi connectivity index (χ1n) is 10.3. The number of nitrogens with one attached hydrogen (secondary N) is 2. The van der Waals surface area contributed by atoms with E-state index in [1.165, 1.54) is 56.2 Å². The van der Waals surface area contributed by atoms with Crippen molar-refractivity contribution in [1.29, 1.82) is 0 Å². The highest BCUT2D eigenvalue weighted by molar-refractivity contribution is 5.84. The van der Waals surface area contributed by atoms with Crippen LogP contribution in [-0.2, 0) is 4.79 Å². The largest absolute Gasteiger partial charge is 0.374 e. The molecule has 142 valence electrons. The molecule has 1 aromatic carbocycles. The molecule has 1 fully saturated rings. The molecule has 3 rings (SSSR count). The van der Waals surface area contributed by atoms with E-state index in [0.29, 0.717) is 0 Å². The second-order valence-electron chi connectivity index (χ2n) is 7.61. The molecule has 0 bridgehead atoms. The van der Waals surface area contributed by atoms with Gasteiger partial charge in [0.1, 0.15) is 6.04 Å². The number of anilines is 2. The third kappa shape index (κ3) is 5.52. The molecule has 0 spiro atoms. The molecule has 0 saturated carbocycles. The molecule has 4 nitrogen and oxygen atoms in total. The number of carbonyl (C=O) groups excluding carboxylic acids is 1. The molecule has 0 unspecified atom stereocenters. The van der Waals surface area contributed by atoms with Gasteiger partial charge in [-0.3, -0.25) is 4.79 Å². The van der Waals surface area contributed by atoms with E-state index in [-0.39, 0.29) is 11.9 Å². The van der Waals surface area contributed by atoms with Gasteiger partial charge in [0, 0.05) is 31.0 Å². The molecule has 1 atom stereocenters. The van der Waals surface area contributed by atoms with Crippen molar-refractivity contribution in [2.45, 2.75) is 64.3 Å². The van der Waals surface area contributed by atoms with Crippen LogP contribution in [0.1, 0.15) is 58.3 Å². The van der Waals surface area contributed by atoms with Gasteiger partial charge in [0.15, 0.2) is 0 Å². The molecular weight excluding hydrogens is 322 g/mol. The van der Waals surface area contributed by atoms with Crippen LogP contribution in [0.15, 0.2) is 35.9 Å². The number of benzene rings is 1. The highest BCUT2D eigenvalue weighted by Gasteiger charge is 2.14. The molecule has 26 heavy (non-hydrogen) atoms. The minimum Gasteiger partial charge on any atom is -0.374 e. The summed E-state index contributed by atoms with van der Waals surface area (Å²) in [6.07, 6.45) is 12.3. The maximum atomic E-state index is 12.3. The first kappa shape index (κ1) is 18.8. The van der Waals surface area contributed by atoms with Gasteiger partial charge in [-0.25, -0.2) is 0 Å². The summed E-state index contributed by atoms with van der Waals surface area (Å²) in [6, 6.07) is 8.26. The lowest BCUT2D eigenvalue weighted by atomic mass is 9.97. The third-order valence-corrected chi connectivity index (χ3v) is 5.50. The van der Waals surface area contributed by atoms with E-state index in [1.54, 1.807) is 0 Å². The number of carbonyl (C=O) groups is 1. The Morgan fingerprint density at radius 3 is 2.54 bits per heavy atom. The number of hydrogen-bond acceptors (Lipinski definition) is 3. The molecular formula is C22H33N3O. The summed E-state index contributed by atoms with van der Waals surface area (Å²) in [7, 11) is 0. The summed E-state index contributed by atoms with van der Waals surface area (Å²) >= 11 is 0. The quantitative estimate of drug-likeness (QED) is 0.709. The predicted molar refractivity (Wildman–Crippen MR) is 110 cm³/mol. The number of allylic oxidation sites excluding steroid dienone is 1. The molecule has 1 amide bonds. The summed E-state index contributed by atoms with van der Waals surface area (Å²) < 4.78 is 0. The Labute approximate surface area is 158 Å². The summed E-state index contributed by atoms with van der Waals surface area (Å²) in [5.74, 6) is 0.0708. The fourth-order valence-electron chi connectivity index (χ4n) is 3.87. The zero-order chi connectivity index (χ0) is 18.2. The average molecular weight is 356 g/mol. The maximum Gasteiger partial charge on any atom is 0.242 e. The average Bonchev–Trinajstić information content (AvgIpc) is 2.70. The molecule has 4 heteroatoms. The fourth-order valence-corrected chi connectivity index (χ4v) is 3.87. The number of amides is 1. The normalized spacial score (nSPS) is 18.8. The molecule has 1 aliphatic heterocycles. The zero-order valence-corrected chi connectivity index (χ0v) is 16.1. The highest BCUT2D eigenvalue weighted by atomic mass is 16.2. The van der Waals surface area contributed by atoms with E-state index in [4.69, 9.17) is 0 Å². The Morgan fingerprint density at radius 2 is 1.85 bits per heavy atom. The van der Waals surface area contributed by atoms with Gasteiger partial charge in [-0.05, 0) is 82.6 Å². The van der Waals surface area contributed by atoms with Gasteiger partial charge in [0.25, 0.3) is 0 Å². The molecule has 2 aliphatic rings. The van der Waals surface area contributed by atoms with Crippen LogP contribution in [0, 0.1) is 0 Å². The van der Waals surface area contributed by atoms with Gasteiger partial charge < -0.3 is 15.5 Å². The molecule has 1 heterocycles. The van der Waals surface area contributed by atoms with Crippen LogP contribution < -0.4 is 15.5 Å². The number of nitrogens with zero attached hydrogens (tertiary/aromatic N) is 1. The minimum atomic E-state index is -0.226. The summed E-state index contributed by atoms with van der Waals surface area (Å²) in [5, 5.41) is 6.38. The Kier molecular flexibility index (Phi) is 6.98. The molecule has 1 aromatic rings. The number of rotatable bonds is 7. The lowest BCUT2D eigenvalue weighted by Crippen LogP contribution is -2.38. The lowest BCUT2D eigenvalue weighted by Gasteiger charge is -2.29. The van der Waals surface area contributed by atoms with Crippen LogP contribution in [0.2, 0.25) is 0 Å². The van der Waals surface area contributed by atoms with E-state index in [0.717, 1.165) is 31.7 Å². The van der Waals surface area contributed by atoms with Gasteiger partial charge in [-0.1, -0.05) is 11.6 Å². The maximum absolute atomic E-state index is 12.3. The van der Waals surface area contributed by atoms with E-state index in [9.17, 15) is 4.79 Å². The molecule has 1 aliphatic carbocycles. The van der Waals surface area contributed by atoms with Crippen molar-refractivity contribution in [2.75, 3.05) is 29.9 Å². The smallest absolute Gasteiger partial charge is 0.242 e. The zero-order valence-electron chi connectivity index (χ0n) is 16.1. The van der Waals surface area contributed by atoms with Crippen LogP contribution in [0.4, 0.5) is 11.4 Å². The monoisotopic (exact) mass is 355 g/mol. The number of piperidine rings is 1. The van der Waals surface area contributed by atoms with Crippen molar-refractivity contribution in [3.05, 3.63) is 35.9 Å². The third-order valence-electron chi connectivity index (χ3n) is 5.50. The van der Waals surface area contributed by atoms with Crippen LogP contribution in [0.5, 0.6) is 0 Å². The van der Waals surface area contributed by atoms with E-state index in [2.05, 4.69) is 45.9 Å². The highest BCUT2D eigenvalue weighted by Crippen LogP contribution is 2.22. The summed E-state index contributed by atoms with van der Waals surface area (Å²) in [5.41, 5.74) is 3.79. The second kappa shape index (κ2) is 9.65.